The monoisotopic (exact) mass is 466 g/mol. The minimum atomic E-state index is -1.73. The van der Waals surface area contributed by atoms with Crippen LogP contribution in [0.3, 0.4) is 0 Å². The van der Waals surface area contributed by atoms with Crippen molar-refractivity contribution in [3.05, 3.63) is 59.2 Å². The zero-order valence-electron chi connectivity index (χ0n) is 20.9. The summed E-state index contributed by atoms with van der Waals surface area (Å²) in [7, 11) is 0. The Kier molecular flexibility index (Phi) is 8.50. The van der Waals surface area contributed by atoms with Crippen LogP contribution in [0, 0.1) is 5.92 Å². The molecule has 2 aliphatic rings. The second-order valence-corrected chi connectivity index (χ2v) is 9.63. The van der Waals surface area contributed by atoms with E-state index in [2.05, 4.69) is 32.9 Å². The molecule has 1 fully saturated rings. The number of carbonyl (C=O) groups is 2. The van der Waals surface area contributed by atoms with E-state index < -0.39 is 11.5 Å². The smallest absolute Gasteiger partial charge is 0.264 e. The number of aliphatic hydroxyl groups is 2. The highest BCUT2D eigenvalue weighted by Gasteiger charge is 2.52. The maximum atomic E-state index is 13.6. The van der Waals surface area contributed by atoms with Crippen LogP contribution in [-0.2, 0) is 15.2 Å². The molecule has 2 aliphatic heterocycles. The molecule has 2 amide bonds. The highest BCUT2D eigenvalue weighted by molar-refractivity contribution is 6.08. The lowest BCUT2D eigenvalue weighted by Gasteiger charge is -2.28. The van der Waals surface area contributed by atoms with Gasteiger partial charge in [0.25, 0.3) is 5.91 Å². The van der Waals surface area contributed by atoms with Gasteiger partial charge in [-0.25, -0.2) is 0 Å². The number of nitrogens with zero attached hydrogens (tertiary/aromatic N) is 2. The fourth-order valence-corrected chi connectivity index (χ4v) is 4.66. The van der Waals surface area contributed by atoms with Gasteiger partial charge in [0.05, 0.1) is 5.69 Å². The van der Waals surface area contributed by atoms with Gasteiger partial charge in [0.2, 0.25) is 5.91 Å². The molecule has 0 aliphatic carbocycles. The minimum absolute atomic E-state index is 0.0103. The minimum Gasteiger partial charge on any atom is -0.396 e. The Hall–Kier alpha value is -2.70. The van der Waals surface area contributed by atoms with Gasteiger partial charge in [0.1, 0.15) is 0 Å². The number of aliphatic hydroxyl groups excluding tert-OH is 1. The van der Waals surface area contributed by atoms with Crippen LogP contribution in [0.2, 0.25) is 0 Å². The summed E-state index contributed by atoms with van der Waals surface area (Å²) >= 11 is 0. The van der Waals surface area contributed by atoms with Crippen molar-refractivity contribution in [2.24, 2.45) is 5.92 Å². The summed E-state index contributed by atoms with van der Waals surface area (Å²) in [5.74, 6) is -0.792. The molecule has 2 atom stereocenters. The standard InChI is InChI=1S/C28H38N2O4/c1-20(2)9-7-10-21(3)15-17-30-25-14-13-23(29-16-8-12-26(29)32)19-24(25)28(34,27(30)33)22(4)11-5-6-18-31/h5,9,11,13-15,19,22,31,34H,6-8,10,12,16-18H2,1-4H3/b11-5+,21-15+/t22-,28+/m0/s1. The Labute approximate surface area is 203 Å². The molecular weight excluding hydrogens is 428 g/mol. The molecule has 6 nitrogen and oxygen atoms in total. The van der Waals surface area contributed by atoms with E-state index >= 15 is 0 Å². The maximum absolute atomic E-state index is 13.6. The summed E-state index contributed by atoms with van der Waals surface area (Å²) in [4.78, 5) is 29.3. The SMILES string of the molecule is CC(C)=CCC/C(C)=C/CN1C(=O)[C@@](O)([C@@H](C)/C=C/CCO)c2cc(N3CCCC3=O)ccc21. The van der Waals surface area contributed by atoms with Crippen molar-refractivity contribution in [2.45, 2.75) is 65.4 Å². The predicted molar refractivity (Wildman–Crippen MR) is 137 cm³/mol. The van der Waals surface area contributed by atoms with Crippen molar-refractivity contribution in [3.63, 3.8) is 0 Å². The lowest BCUT2D eigenvalue weighted by atomic mass is 9.82. The van der Waals surface area contributed by atoms with Gasteiger partial charge in [-0.3, -0.25) is 9.59 Å². The number of benzene rings is 1. The Balaban J connectivity index is 1.95. The molecule has 0 radical (unpaired) electrons. The van der Waals surface area contributed by atoms with Crippen LogP contribution >= 0.6 is 0 Å². The number of hydrogen-bond donors (Lipinski definition) is 2. The first-order valence-corrected chi connectivity index (χ1v) is 12.3. The number of allylic oxidation sites excluding steroid dienone is 3. The van der Waals surface area contributed by atoms with Crippen molar-refractivity contribution in [3.8, 4) is 0 Å². The van der Waals surface area contributed by atoms with Gasteiger partial charge in [-0.1, -0.05) is 42.4 Å². The van der Waals surface area contributed by atoms with E-state index in [0.717, 1.165) is 19.3 Å². The number of amides is 2. The molecule has 3 rings (SSSR count). The second-order valence-electron chi connectivity index (χ2n) is 9.63. The third-order valence-corrected chi connectivity index (χ3v) is 6.73. The first-order valence-electron chi connectivity index (χ1n) is 12.3. The van der Waals surface area contributed by atoms with Crippen molar-refractivity contribution in [2.75, 3.05) is 29.5 Å². The topological polar surface area (TPSA) is 81.1 Å². The second kappa shape index (κ2) is 11.2. The molecule has 0 aromatic heterocycles. The highest BCUT2D eigenvalue weighted by atomic mass is 16.3. The number of anilines is 2. The van der Waals surface area contributed by atoms with Gasteiger partial charge < -0.3 is 20.0 Å². The Morgan fingerprint density at radius 3 is 2.59 bits per heavy atom. The van der Waals surface area contributed by atoms with E-state index in [4.69, 9.17) is 5.11 Å². The summed E-state index contributed by atoms with van der Waals surface area (Å²) in [6.45, 7) is 9.08. The lowest BCUT2D eigenvalue weighted by molar-refractivity contribution is -0.139. The Morgan fingerprint density at radius 2 is 1.94 bits per heavy atom. The van der Waals surface area contributed by atoms with Gasteiger partial charge in [0, 0.05) is 43.3 Å². The molecule has 6 heteroatoms. The average Bonchev–Trinajstić information content (AvgIpc) is 3.32. The van der Waals surface area contributed by atoms with Crippen LogP contribution in [0.1, 0.15) is 65.4 Å². The van der Waals surface area contributed by atoms with Gasteiger partial charge in [-0.05, 0) is 64.7 Å². The molecule has 0 unspecified atom stereocenters. The van der Waals surface area contributed by atoms with E-state index in [0.29, 0.717) is 42.9 Å². The van der Waals surface area contributed by atoms with Crippen molar-refractivity contribution >= 4 is 23.2 Å². The number of carbonyl (C=O) groups excluding carboxylic acids is 2. The van der Waals surface area contributed by atoms with E-state index in [1.165, 1.54) is 11.1 Å². The van der Waals surface area contributed by atoms with Crippen LogP contribution in [0.5, 0.6) is 0 Å². The summed E-state index contributed by atoms with van der Waals surface area (Å²) in [5.41, 5.74) is 2.68. The van der Waals surface area contributed by atoms with Crippen LogP contribution < -0.4 is 9.80 Å². The molecule has 0 bridgehead atoms. The summed E-state index contributed by atoms with van der Waals surface area (Å²) in [6.07, 6.45) is 11.5. The molecule has 2 heterocycles. The first-order chi connectivity index (χ1) is 16.2. The fourth-order valence-electron chi connectivity index (χ4n) is 4.66. The number of rotatable bonds is 10. The van der Waals surface area contributed by atoms with Crippen LogP contribution in [0.25, 0.3) is 0 Å². The molecule has 1 aromatic rings. The Bertz CT molecular complexity index is 1010. The number of hydrogen-bond acceptors (Lipinski definition) is 4. The molecule has 1 saturated heterocycles. The fraction of sp³-hybridized carbons (Fsp3) is 0.500. The summed E-state index contributed by atoms with van der Waals surface area (Å²) < 4.78 is 0. The number of fused-ring (bicyclic) bond motifs is 1. The summed E-state index contributed by atoms with van der Waals surface area (Å²) in [6, 6.07) is 5.52. The molecule has 0 spiro atoms. The third kappa shape index (κ3) is 5.34. The van der Waals surface area contributed by atoms with Gasteiger partial charge in [-0.15, -0.1) is 0 Å². The van der Waals surface area contributed by atoms with Crippen LogP contribution in [-0.4, -0.2) is 41.7 Å². The van der Waals surface area contributed by atoms with Crippen LogP contribution in [0.4, 0.5) is 11.4 Å². The molecule has 2 N–H and O–H groups in total. The molecule has 184 valence electrons. The van der Waals surface area contributed by atoms with E-state index in [1.54, 1.807) is 28.0 Å². The van der Waals surface area contributed by atoms with Gasteiger partial charge >= 0.3 is 0 Å². The van der Waals surface area contributed by atoms with Crippen molar-refractivity contribution in [1.82, 2.24) is 0 Å². The van der Waals surface area contributed by atoms with Crippen molar-refractivity contribution < 1.29 is 19.8 Å². The molecule has 0 saturated carbocycles. The summed E-state index contributed by atoms with van der Waals surface area (Å²) in [5, 5.41) is 20.9. The van der Waals surface area contributed by atoms with E-state index in [-0.39, 0.29) is 18.4 Å². The lowest BCUT2D eigenvalue weighted by Crippen LogP contribution is -2.44. The van der Waals surface area contributed by atoms with Gasteiger partial charge in [-0.2, -0.15) is 0 Å². The van der Waals surface area contributed by atoms with E-state index in [1.807, 2.05) is 19.1 Å². The zero-order valence-corrected chi connectivity index (χ0v) is 20.9. The van der Waals surface area contributed by atoms with Crippen molar-refractivity contribution in [1.29, 1.82) is 0 Å². The molecule has 34 heavy (non-hydrogen) atoms. The highest BCUT2D eigenvalue weighted by Crippen LogP contribution is 2.47. The average molecular weight is 467 g/mol. The largest absolute Gasteiger partial charge is 0.396 e. The normalized spacial score (nSPS) is 21.5. The first kappa shape index (κ1) is 25.9. The van der Waals surface area contributed by atoms with Gasteiger partial charge in [0.15, 0.2) is 5.60 Å². The Morgan fingerprint density at radius 1 is 1.18 bits per heavy atom. The zero-order chi connectivity index (χ0) is 24.9. The van der Waals surface area contributed by atoms with E-state index in [9.17, 15) is 14.7 Å². The third-order valence-electron chi connectivity index (χ3n) is 6.73. The van der Waals surface area contributed by atoms with Crippen LogP contribution in [0.15, 0.2) is 53.6 Å². The molecule has 1 aromatic carbocycles. The predicted octanol–water partition coefficient (Wildman–Crippen LogP) is 4.62. The maximum Gasteiger partial charge on any atom is 0.264 e. The molecular formula is C28H38N2O4. The quantitative estimate of drug-likeness (QED) is 0.493.